The molecule has 2 aromatic rings. The topological polar surface area (TPSA) is 81.6 Å². The lowest BCUT2D eigenvalue weighted by Gasteiger charge is -2.30. The summed E-state index contributed by atoms with van der Waals surface area (Å²) in [6.07, 6.45) is 2.36. The number of nitrogens with zero attached hydrogens (tertiary/aromatic N) is 3. The lowest BCUT2D eigenvalue weighted by atomic mass is 9.99. The van der Waals surface area contributed by atoms with Crippen LogP contribution in [-0.2, 0) is 16.4 Å². The molecule has 0 atom stereocenters. The first-order valence-corrected chi connectivity index (χ1v) is 10.8. The van der Waals surface area contributed by atoms with E-state index in [2.05, 4.69) is 17.1 Å². The Kier molecular flexibility index (Phi) is 5.79. The maximum atomic E-state index is 13.1. The quantitative estimate of drug-likeness (QED) is 0.745. The number of aromatic nitrogens is 2. The number of sulfonamides is 1. The zero-order chi connectivity index (χ0) is 18.7. The van der Waals surface area contributed by atoms with Crippen molar-refractivity contribution >= 4 is 21.4 Å². The molecule has 0 amide bonds. The van der Waals surface area contributed by atoms with Crippen LogP contribution in [0.1, 0.15) is 35.7 Å². The zero-order valence-electron chi connectivity index (χ0n) is 15.1. The number of hydrogen-bond acceptors (Lipinski definition) is 7. The highest BCUT2D eigenvalue weighted by molar-refractivity contribution is 7.89. The molecule has 1 aliphatic heterocycles. The van der Waals surface area contributed by atoms with Gasteiger partial charge in [0, 0.05) is 25.1 Å². The fraction of sp³-hybridized carbons (Fsp3) is 0.529. The van der Waals surface area contributed by atoms with Crippen molar-refractivity contribution in [2.75, 3.05) is 27.3 Å². The number of piperidine rings is 1. The first-order valence-electron chi connectivity index (χ1n) is 8.54. The van der Waals surface area contributed by atoms with Crippen molar-refractivity contribution in [1.29, 1.82) is 0 Å². The molecule has 1 aromatic heterocycles. The van der Waals surface area contributed by atoms with E-state index in [0.717, 1.165) is 29.3 Å². The molecule has 7 nitrogen and oxygen atoms in total. The second kappa shape index (κ2) is 7.89. The summed E-state index contributed by atoms with van der Waals surface area (Å²) in [6, 6.07) is 4.81. The standard InChI is InChI=1S/C17H23N3O4S2/c1-4-16-18-19-17(25-16)12-7-9-20(10-8-12)26(21,22)15-11-13(23-2)5-6-14(15)24-3/h5-6,11-12H,4,7-10H2,1-3H3. The smallest absolute Gasteiger partial charge is 0.246 e. The third-order valence-electron chi connectivity index (χ3n) is 4.58. The van der Waals surface area contributed by atoms with Crippen LogP contribution in [-0.4, -0.2) is 50.2 Å². The molecule has 0 N–H and O–H groups in total. The molecule has 0 bridgehead atoms. The van der Waals surface area contributed by atoms with Gasteiger partial charge in [-0.2, -0.15) is 4.31 Å². The summed E-state index contributed by atoms with van der Waals surface area (Å²) >= 11 is 1.63. The Morgan fingerprint density at radius 1 is 1.19 bits per heavy atom. The Labute approximate surface area is 158 Å². The Balaban J connectivity index is 1.78. The second-order valence-electron chi connectivity index (χ2n) is 6.08. The van der Waals surface area contributed by atoms with Gasteiger partial charge < -0.3 is 9.47 Å². The number of methoxy groups -OCH3 is 2. The maximum absolute atomic E-state index is 13.1. The minimum Gasteiger partial charge on any atom is -0.497 e. The molecule has 1 fully saturated rings. The van der Waals surface area contributed by atoms with E-state index in [1.165, 1.54) is 24.6 Å². The van der Waals surface area contributed by atoms with Gasteiger partial charge >= 0.3 is 0 Å². The lowest BCUT2D eigenvalue weighted by molar-refractivity contribution is 0.316. The van der Waals surface area contributed by atoms with E-state index in [0.29, 0.717) is 24.6 Å². The van der Waals surface area contributed by atoms with Crippen molar-refractivity contribution in [1.82, 2.24) is 14.5 Å². The number of hydrogen-bond donors (Lipinski definition) is 0. The van der Waals surface area contributed by atoms with Gasteiger partial charge in [0.25, 0.3) is 0 Å². The van der Waals surface area contributed by atoms with E-state index >= 15 is 0 Å². The van der Waals surface area contributed by atoms with Crippen molar-refractivity contribution in [3.63, 3.8) is 0 Å². The predicted molar refractivity (Wildman–Crippen MR) is 99.6 cm³/mol. The Morgan fingerprint density at radius 3 is 2.50 bits per heavy atom. The van der Waals surface area contributed by atoms with Gasteiger partial charge in [-0.3, -0.25) is 0 Å². The van der Waals surface area contributed by atoms with Crippen LogP contribution in [0.2, 0.25) is 0 Å². The lowest BCUT2D eigenvalue weighted by Crippen LogP contribution is -2.38. The fourth-order valence-corrected chi connectivity index (χ4v) is 5.63. The number of aryl methyl sites for hydroxylation is 1. The normalized spacial score (nSPS) is 16.6. The van der Waals surface area contributed by atoms with Crippen LogP contribution in [0.5, 0.6) is 11.5 Å². The molecule has 0 saturated carbocycles. The summed E-state index contributed by atoms with van der Waals surface area (Å²) < 4.78 is 38.1. The summed E-state index contributed by atoms with van der Waals surface area (Å²) in [7, 11) is -0.670. The van der Waals surface area contributed by atoms with Gasteiger partial charge in [0.15, 0.2) is 0 Å². The molecule has 26 heavy (non-hydrogen) atoms. The van der Waals surface area contributed by atoms with Crippen molar-refractivity contribution < 1.29 is 17.9 Å². The molecule has 0 radical (unpaired) electrons. The van der Waals surface area contributed by atoms with E-state index in [9.17, 15) is 8.42 Å². The third kappa shape index (κ3) is 3.70. The molecule has 0 spiro atoms. The number of ether oxygens (including phenoxy) is 2. The van der Waals surface area contributed by atoms with Crippen LogP contribution in [0, 0.1) is 0 Å². The maximum Gasteiger partial charge on any atom is 0.246 e. The minimum atomic E-state index is -3.65. The fourth-order valence-electron chi connectivity index (χ4n) is 3.04. The molecule has 1 saturated heterocycles. The van der Waals surface area contributed by atoms with Crippen LogP contribution in [0.25, 0.3) is 0 Å². The van der Waals surface area contributed by atoms with E-state index in [4.69, 9.17) is 9.47 Å². The highest BCUT2D eigenvalue weighted by Crippen LogP contribution is 2.35. The van der Waals surface area contributed by atoms with Crippen LogP contribution in [0.15, 0.2) is 23.1 Å². The van der Waals surface area contributed by atoms with Gasteiger partial charge in [0.2, 0.25) is 10.0 Å². The van der Waals surface area contributed by atoms with Crippen molar-refractivity contribution in [3.05, 3.63) is 28.2 Å². The van der Waals surface area contributed by atoms with Crippen molar-refractivity contribution in [3.8, 4) is 11.5 Å². The highest BCUT2D eigenvalue weighted by atomic mass is 32.2. The van der Waals surface area contributed by atoms with E-state index in [1.54, 1.807) is 23.5 Å². The summed E-state index contributed by atoms with van der Waals surface area (Å²) in [4.78, 5) is 0.141. The predicted octanol–water partition coefficient (Wildman–Crippen LogP) is 2.69. The third-order valence-corrected chi connectivity index (χ3v) is 7.73. The Hall–Kier alpha value is -1.71. The molecule has 1 aromatic carbocycles. The molecule has 2 heterocycles. The average Bonchev–Trinajstić information content (AvgIpc) is 3.16. The summed E-state index contributed by atoms with van der Waals surface area (Å²) in [5.41, 5.74) is 0. The summed E-state index contributed by atoms with van der Waals surface area (Å²) in [5, 5.41) is 10.5. The minimum absolute atomic E-state index is 0.141. The van der Waals surface area contributed by atoms with Gasteiger partial charge in [0.05, 0.1) is 14.2 Å². The van der Waals surface area contributed by atoms with Gasteiger partial charge in [-0.1, -0.05) is 6.92 Å². The molecule has 142 valence electrons. The van der Waals surface area contributed by atoms with Crippen molar-refractivity contribution in [2.24, 2.45) is 0 Å². The molecule has 0 aliphatic carbocycles. The van der Waals surface area contributed by atoms with Crippen LogP contribution in [0.3, 0.4) is 0 Å². The highest BCUT2D eigenvalue weighted by Gasteiger charge is 2.33. The SMILES string of the molecule is CCc1nnc(C2CCN(S(=O)(=O)c3cc(OC)ccc3OC)CC2)s1. The number of rotatable bonds is 6. The molecule has 9 heteroatoms. The van der Waals surface area contributed by atoms with Crippen LogP contribution in [0.4, 0.5) is 0 Å². The average molecular weight is 398 g/mol. The summed E-state index contributed by atoms with van der Waals surface area (Å²) in [5.74, 6) is 1.08. The Bertz CT molecular complexity index is 859. The Morgan fingerprint density at radius 2 is 1.92 bits per heavy atom. The second-order valence-corrected chi connectivity index (χ2v) is 9.08. The van der Waals surface area contributed by atoms with Crippen molar-refractivity contribution in [2.45, 2.75) is 37.0 Å². The van der Waals surface area contributed by atoms with E-state index in [1.807, 2.05) is 0 Å². The van der Waals surface area contributed by atoms with E-state index in [-0.39, 0.29) is 10.8 Å². The molecule has 3 rings (SSSR count). The molecular formula is C17H23N3O4S2. The first kappa shape index (κ1) is 19.1. The largest absolute Gasteiger partial charge is 0.497 e. The van der Waals surface area contributed by atoms with Crippen LogP contribution < -0.4 is 9.47 Å². The summed E-state index contributed by atoms with van der Waals surface area (Å²) in [6.45, 7) is 2.96. The van der Waals surface area contributed by atoms with Crippen LogP contribution >= 0.6 is 11.3 Å². The molecular weight excluding hydrogens is 374 g/mol. The monoisotopic (exact) mass is 397 g/mol. The van der Waals surface area contributed by atoms with E-state index < -0.39 is 10.0 Å². The van der Waals surface area contributed by atoms with Gasteiger partial charge in [-0.15, -0.1) is 21.5 Å². The van der Waals surface area contributed by atoms with Gasteiger partial charge in [-0.05, 0) is 31.4 Å². The van der Waals surface area contributed by atoms with Gasteiger partial charge in [-0.25, -0.2) is 8.42 Å². The molecule has 1 aliphatic rings. The first-order chi connectivity index (χ1) is 12.5. The number of benzene rings is 1. The van der Waals surface area contributed by atoms with Gasteiger partial charge in [0.1, 0.15) is 26.4 Å². The zero-order valence-corrected chi connectivity index (χ0v) is 16.8. The molecule has 0 unspecified atom stereocenters.